The standard InChI is InChI=1S/C10H17N5/c1-3-8(7-11-4-1)9-13-14-10-12-5-2-6-15(9)10/h8,11H,1-7H2,(H,12,14). The summed E-state index contributed by atoms with van der Waals surface area (Å²) in [5, 5.41) is 15.3. The number of piperidine rings is 1. The van der Waals surface area contributed by atoms with Gasteiger partial charge in [0.15, 0.2) is 0 Å². The third-order valence-electron chi connectivity index (χ3n) is 3.28. The lowest BCUT2D eigenvalue weighted by Gasteiger charge is -2.24. The van der Waals surface area contributed by atoms with Crippen LogP contribution in [0.1, 0.15) is 31.0 Å². The average molecular weight is 207 g/mol. The first-order chi connectivity index (χ1) is 7.45. The quantitative estimate of drug-likeness (QED) is 0.706. The highest BCUT2D eigenvalue weighted by Crippen LogP contribution is 2.25. The Morgan fingerprint density at radius 2 is 2.20 bits per heavy atom. The van der Waals surface area contributed by atoms with Gasteiger partial charge >= 0.3 is 0 Å². The van der Waals surface area contributed by atoms with E-state index in [9.17, 15) is 0 Å². The smallest absolute Gasteiger partial charge is 0.224 e. The van der Waals surface area contributed by atoms with Crippen LogP contribution < -0.4 is 10.6 Å². The maximum Gasteiger partial charge on any atom is 0.224 e. The second kappa shape index (κ2) is 3.81. The Labute approximate surface area is 89.3 Å². The van der Waals surface area contributed by atoms with Gasteiger partial charge in [-0.1, -0.05) is 0 Å². The summed E-state index contributed by atoms with van der Waals surface area (Å²) in [6, 6.07) is 0. The van der Waals surface area contributed by atoms with E-state index in [2.05, 4.69) is 25.4 Å². The van der Waals surface area contributed by atoms with Crippen LogP contribution in [-0.2, 0) is 6.54 Å². The van der Waals surface area contributed by atoms with Crippen molar-refractivity contribution in [2.75, 3.05) is 25.0 Å². The molecular formula is C10H17N5. The van der Waals surface area contributed by atoms with Gasteiger partial charge in [0.1, 0.15) is 5.82 Å². The van der Waals surface area contributed by atoms with Crippen molar-refractivity contribution in [1.82, 2.24) is 20.1 Å². The van der Waals surface area contributed by atoms with Crippen molar-refractivity contribution in [3.63, 3.8) is 0 Å². The van der Waals surface area contributed by atoms with Crippen molar-refractivity contribution >= 4 is 5.95 Å². The summed E-state index contributed by atoms with van der Waals surface area (Å²) in [5.74, 6) is 2.69. The fraction of sp³-hybridized carbons (Fsp3) is 0.800. The fourth-order valence-corrected chi connectivity index (χ4v) is 2.48. The van der Waals surface area contributed by atoms with Gasteiger partial charge in [0.05, 0.1) is 0 Å². The first kappa shape index (κ1) is 9.15. The lowest BCUT2D eigenvalue weighted by atomic mass is 9.99. The Kier molecular flexibility index (Phi) is 2.32. The molecule has 1 aromatic rings. The summed E-state index contributed by atoms with van der Waals surface area (Å²) in [6.45, 7) is 4.30. The van der Waals surface area contributed by atoms with Crippen LogP contribution in [0.15, 0.2) is 0 Å². The number of anilines is 1. The number of nitrogens with zero attached hydrogens (tertiary/aromatic N) is 3. The number of aromatic nitrogens is 3. The summed E-state index contributed by atoms with van der Waals surface area (Å²) in [7, 11) is 0. The summed E-state index contributed by atoms with van der Waals surface area (Å²) in [5.41, 5.74) is 0. The third kappa shape index (κ3) is 1.61. The zero-order chi connectivity index (χ0) is 10.1. The molecule has 0 saturated carbocycles. The second-order valence-corrected chi connectivity index (χ2v) is 4.36. The van der Waals surface area contributed by atoms with E-state index in [4.69, 9.17) is 0 Å². The van der Waals surface area contributed by atoms with Gasteiger partial charge in [-0.05, 0) is 25.8 Å². The molecule has 1 atom stereocenters. The monoisotopic (exact) mass is 207 g/mol. The molecule has 3 rings (SSSR count). The van der Waals surface area contributed by atoms with Crippen LogP contribution >= 0.6 is 0 Å². The van der Waals surface area contributed by atoms with E-state index in [0.717, 1.165) is 32.1 Å². The normalized spacial score (nSPS) is 25.7. The molecule has 82 valence electrons. The zero-order valence-corrected chi connectivity index (χ0v) is 8.87. The average Bonchev–Trinajstić information content (AvgIpc) is 2.74. The number of nitrogens with one attached hydrogen (secondary N) is 2. The summed E-state index contributed by atoms with van der Waals surface area (Å²) < 4.78 is 2.25. The topological polar surface area (TPSA) is 54.8 Å². The van der Waals surface area contributed by atoms with Crippen molar-refractivity contribution in [3.8, 4) is 0 Å². The zero-order valence-electron chi connectivity index (χ0n) is 8.87. The highest BCUT2D eigenvalue weighted by molar-refractivity contribution is 5.28. The molecule has 1 saturated heterocycles. The van der Waals surface area contributed by atoms with Gasteiger partial charge in [-0.25, -0.2) is 0 Å². The van der Waals surface area contributed by atoms with Gasteiger partial charge in [-0.2, -0.15) is 0 Å². The maximum absolute atomic E-state index is 4.33. The minimum absolute atomic E-state index is 0.555. The van der Waals surface area contributed by atoms with Gasteiger partial charge in [-0.3, -0.25) is 4.57 Å². The molecule has 0 amide bonds. The minimum Gasteiger partial charge on any atom is -0.354 e. The Hall–Kier alpha value is -1.10. The molecule has 1 unspecified atom stereocenters. The van der Waals surface area contributed by atoms with Crippen molar-refractivity contribution in [3.05, 3.63) is 5.82 Å². The van der Waals surface area contributed by atoms with Crippen LogP contribution in [0.5, 0.6) is 0 Å². The van der Waals surface area contributed by atoms with Crippen LogP contribution in [0.25, 0.3) is 0 Å². The molecule has 1 fully saturated rings. The third-order valence-corrected chi connectivity index (χ3v) is 3.28. The van der Waals surface area contributed by atoms with Gasteiger partial charge in [0.25, 0.3) is 0 Å². The molecule has 0 radical (unpaired) electrons. The van der Waals surface area contributed by atoms with Gasteiger partial charge in [0, 0.05) is 25.6 Å². The number of hydrogen-bond acceptors (Lipinski definition) is 4. The number of hydrogen-bond donors (Lipinski definition) is 2. The van der Waals surface area contributed by atoms with Crippen molar-refractivity contribution in [2.24, 2.45) is 0 Å². The van der Waals surface area contributed by atoms with Crippen molar-refractivity contribution in [2.45, 2.75) is 31.7 Å². The maximum atomic E-state index is 4.33. The molecule has 1 aromatic heterocycles. The van der Waals surface area contributed by atoms with Crippen LogP contribution in [0.2, 0.25) is 0 Å². The SMILES string of the molecule is C1CNCC(c2nnc3n2CCCN3)C1. The molecular weight excluding hydrogens is 190 g/mol. The van der Waals surface area contributed by atoms with Gasteiger partial charge in [-0.15, -0.1) is 10.2 Å². The lowest BCUT2D eigenvalue weighted by molar-refractivity contribution is 0.428. The van der Waals surface area contributed by atoms with E-state index in [0.29, 0.717) is 5.92 Å². The molecule has 0 aliphatic carbocycles. The Balaban J connectivity index is 1.87. The van der Waals surface area contributed by atoms with E-state index < -0.39 is 0 Å². The molecule has 2 aliphatic rings. The highest BCUT2D eigenvalue weighted by atomic mass is 15.4. The number of rotatable bonds is 1. The fourth-order valence-electron chi connectivity index (χ4n) is 2.48. The lowest BCUT2D eigenvalue weighted by Crippen LogP contribution is -2.30. The van der Waals surface area contributed by atoms with E-state index in [-0.39, 0.29) is 0 Å². The molecule has 5 nitrogen and oxygen atoms in total. The second-order valence-electron chi connectivity index (χ2n) is 4.36. The molecule has 15 heavy (non-hydrogen) atoms. The Morgan fingerprint density at radius 3 is 3.07 bits per heavy atom. The first-order valence-corrected chi connectivity index (χ1v) is 5.83. The molecule has 0 aromatic carbocycles. The molecule has 3 heterocycles. The number of fused-ring (bicyclic) bond motifs is 1. The van der Waals surface area contributed by atoms with E-state index in [1.165, 1.54) is 25.1 Å². The predicted octanol–water partition coefficient (Wildman–Crippen LogP) is 0.561. The van der Waals surface area contributed by atoms with Crippen LogP contribution in [0.3, 0.4) is 0 Å². The first-order valence-electron chi connectivity index (χ1n) is 5.83. The minimum atomic E-state index is 0.555. The van der Waals surface area contributed by atoms with Crippen molar-refractivity contribution in [1.29, 1.82) is 0 Å². The van der Waals surface area contributed by atoms with Crippen molar-refractivity contribution < 1.29 is 0 Å². The van der Waals surface area contributed by atoms with Crippen LogP contribution in [-0.4, -0.2) is 34.4 Å². The van der Waals surface area contributed by atoms with Crippen LogP contribution in [0, 0.1) is 0 Å². The predicted molar refractivity (Wildman–Crippen MR) is 58.0 cm³/mol. The van der Waals surface area contributed by atoms with Gasteiger partial charge in [0.2, 0.25) is 5.95 Å². The van der Waals surface area contributed by atoms with Gasteiger partial charge < -0.3 is 10.6 Å². The summed E-state index contributed by atoms with van der Waals surface area (Å²) in [4.78, 5) is 0. The van der Waals surface area contributed by atoms with Crippen LogP contribution in [0.4, 0.5) is 5.95 Å². The molecule has 2 N–H and O–H groups in total. The summed E-state index contributed by atoms with van der Waals surface area (Å²) in [6.07, 6.45) is 3.67. The molecule has 0 spiro atoms. The molecule has 2 aliphatic heterocycles. The molecule has 0 bridgehead atoms. The largest absolute Gasteiger partial charge is 0.354 e. The summed E-state index contributed by atoms with van der Waals surface area (Å²) >= 11 is 0. The molecule has 5 heteroatoms. The Morgan fingerprint density at radius 1 is 1.20 bits per heavy atom. The van der Waals surface area contributed by atoms with E-state index in [1.54, 1.807) is 0 Å². The highest BCUT2D eigenvalue weighted by Gasteiger charge is 2.23. The Bertz CT molecular complexity index is 340. The van der Waals surface area contributed by atoms with E-state index >= 15 is 0 Å². The van der Waals surface area contributed by atoms with E-state index in [1.807, 2.05) is 0 Å².